The molecular formula is C39H46FN7O4. The molecule has 1 aliphatic carbocycles. The van der Waals surface area contributed by atoms with Gasteiger partial charge >= 0.3 is 12.1 Å². The topological polar surface area (TPSA) is 116 Å². The van der Waals surface area contributed by atoms with E-state index in [9.17, 15) is 9.90 Å². The minimum Gasteiger partial charge on any atom is -0.508 e. The first-order valence-corrected chi connectivity index (χ1v) is 18.6. The number of pyridine rings is 1. The molecule has 4 saturated heterocycles. The van der Waals surface area contributed by atoms with Crippen molar-refractivity contribution in [2.45, 2.75) is 87.9 Å². The molecule has 2 aromatic heterocycles. The lowest BCUT2D eigenvalue weighted by atomic mass is 9.85. The van der Waals surface area contributed by atoms with Gasteiger partial charge in [-0.05, 0) is 105 Å². The third kappa shape index (κ3) is 5.71. The van der Waals surface area contributed by atoms with Crippen molar-refractivity contribution in [1.29, 1.82) is 0 Å². The number of phenols is 1. The van der Waals surface area contributed by atoms with Crippen molar-refractivity contribution in [3.63, 3.8) is 0 Å². The van der Waals surface area contributed by atoms with Gasteiger partial charge in [0.2, 0.25) is 0 Å². The van der Waals surface area contributed by atoms with Crippen LogP contribution >= 0.6 is 0 Å². The Morgan fingerprint density at radius 2 is 1.90 bits per heavy atom. The van der Waals surface area contributed by atoms with Crippen LogP contribution in [0.3, 0.4) is 0 Å². The predicted octanol–water partition coefficient (Wildman–Crippen LogP) is 5.58. The number of benzene rings is 2. The summed E-state index contributed by atoms with van der Waals surface area (Å²) in [5, 5.41) is 16.9. The van der Waals surface area contributed by atoms with E-state index in [1.54, 1.807) is 32.4 Å². The van der Waals surface area contributed by atoms with Crippen LogP contribution in [0.5, 0.6) is 11.8 Å². The summed E-state index contributed by atoms with van der Waals surface area (Å²) in [7, 11) is 3.38. The van der Waals surface area contributed by atoms with E-state index in [1.807, 2.05) is 6.07 Å². The molecule has 6 heterocycles. The van der Waals surface area contributed by atoms with E-state index in [0.717, 1.165) is 94.6 Å². The number of aromatic hydroxyl groups is 1. The Bertz CT molecular complexity index is 2010. The number of carbonyl (C=O) groups excluding carboxylic acids is 1. The van der Waals surface area contributed by atoms with Gasteiger partial charge < -0.3 is 29.7 Å². The van der Waals surface area contributed by atoms with Crippen LogP contribution in [-0.4, -0.2) is 107 Å². The smallest absolute Gasteiger partial charge is 0.409 e. The number of amides is 1. The number of halogens is 1. The van der Waals surface area contributed by atoms with Crippen LogP contribution in [-0.2, 0) is 17.6 Å². The monoisotopic (exact) mass is 695 g/mol. The molecule has 0 radical (unpaired) electrons. The van der Waals surface area contributed by atoms with Gasteiger partial charge in [-0.2, -0.15) is 9.97 Å². The number of hydrogen-bond donors (Lipinski definition) is 2. The maximum absolute atomic E-state index is 17.2. The van der Waals surface area contributed by atoms with E-state index < -0.39 is 5.82 Å². The van der Waals surface area contributed by atoms with E-state index in [0.29, 0.717) is 42.1 Å². The third-order valence-electron chi connectivity index (χ3n) is 12.1. The van der Waals surface area contributed by atoms with E-state index in [2.05, 4.69) is 21.2 Å². The summed E-state index contributed by atoms with van der Waals surface area (Å²) in [5.41, 5.74) is 3.20. The molecule has 4 atom stereocenters. The molecule has 2 aromatic carbocycles. The molecular weight excluding hydrogens is 649 g/mol. The fraction of sp³-hybridized carbons (Fsp3) is 0.538. The molecule has 51 heavy (non-hydrogen) atoms. The molecule has 5 aliphatic rings. The van der Waals surface area contributed by atoms with Crippen molar-refractivity contribution in [1.82, 2.24) is 30.1 Å². The fourth-order valence-corrected chi connectivity index (χ4v) is 9.66. The number of rotatable bonds is 7. The number of nitrogens with zero attached hydrogens (tertiary/aromatic N) is 6. The largest absolute Gasteiger partial charge is 0.508 e. The number of nitrogens with one attached hydrogen (secondary N) is 1. The van der Waals surface area contributed by atoms with Crippen LogP contribution in [0.15, 0.2) is 30.5 Å². The molecule has 12 heteroatoms. The minimum absolute atomic E-state index is 0.0740. The van der Waals surface area contributed by atoms with E-state index in [4.69, 9.17) is 24.4 Å². The second-order valence-corrected chi connectivity index (χ2v) is 15.5. The fourth-order valence-electron chi connectivity index (χ4n) is 9.66. The van der Waals surface area contributed by atoms with Gasteiger partial charge in [0, 0.05) is 57.1 Å². The lowest BCUT2D eigenvalue weighted by Gasteiger charge is -2.35. The molecule has 0 spiro atoms. The van der Waals surface area contributed by atoms with Crippen LogP contribution in [0, 0.1) is 5.82 Å². The summed E-state index contributed by atoms with van der Waals surface area (Å²) in [4.78, 5) is 32.8. The molecule has 4 fully saturated rings. The van der Waals surface area contributed by atoms with Gasteiger partial charge in [0.25, 0.3) is 0 Å². The Kier molecular flexibility index (Phi) is 8.14. The number of aromatic nitrogens is 3. The Morgan fingerprint density at radius 3 is 2.73 bits per heavy atom. The highest BCUT2D eigenvalue weighted by atomic mass is 19.1. The molecule has 1 amide bonds. The van der Waals surface area contributed by atoms with Crippen molar-refractivity contribution in [2.75, 3.05) is 51.8 Å². The molecule has 9 rings (SSSR count). The summed E-state index contributed by atoms with van der Waals surface area (Å²) in [5.74, 6) is 0.179. The molecule has 4 aliphatic heterocycles. The number of phenolic OH excluding ortho intramolecular Hbond substituents is 1. The number of hydrogen-bond acceptors (Lipinski definition) is 10. The van der Waals surface area contributed by atoms with Crippen LogP contribution in [0.4, 0.5) is 15.0 Å². The van der Waals surface area contributed by atoms with Gasteiger partial charge in [-0.1, -0.05) is 12.1 Å². The highest BCUT2D eigenvalue weighted by Crippen LogP contribution is 2.44. The Morgan fingerprint density at radius 1 is 1.08 bits per heavy atom. The number of piperazine rings is 1. The first-order chi connectivity index (χ1) is 24.8. The van der Waals surface area contributed by atoms with E-state index in [-0.39, 0.29) is 40.6 Å². The molecule has 4 aromatic rings. The molecule has 2 bridgehead atoms. The summed E-state index contributed by atoms with van der Waals surface area (Å²) in [6, 6.07) is 8.54. The van der Waals surface area contributed by atoms with Crippen LogP contribution < -0.4 is 15.0 Å². The Balaban J connectivity index is 1.10. The van der Waals surface area contributed by atoms with Gasteiger partial charge in [-0.15, -0.1) is 0 Å². The average molecular weight is 696 g/mol. The van der Waals surface area contributed by atoms with Crippen molar-refractivity contribution in [3.05, 3.63) is 47.4 Å². The maximum atomic E-state index is 17.2. The van der Waals surface area contributed by atoms with Crippen molar-refractivity contribution < 1.29 is 23.8 Å². The normalized spacial score (nSPS) is 25.7. The van der Waals surface area contributed by atoms with Crippen LogP contribution in [0.25, 0.3) is 32.9 Å². The zero-order chi connectivity index (χ0) is 34.9. The summed E-state index contributed by atoms with van der Waals surface area (Å²) in [6.07, 6.45) is 11.5. The standard InChI is InChI=1S/C39H46FN7O4/c1-45(2)38(49)50-21-27-12-14-39(13-5-15-47(27)39)22-51-37-43-35-31(36(44-37)46-19-25-10-11-26(20-46)42-25)18-41-34(33(35)40)30-17-28(48)16-24-9-8-23-6-3-4-7-29(23)32(24)30/h8-9,16-18,25-27,42,48H,3-7,10-15,19-22H2,1-2H3. The van der Waals surface area contributed by atoms with Gasteiger partial charge in [-0.3, -0.25) is 9.88 Å². The third-order valence-corrected chi connectivity index (χ3v) is 12.1. The predicted molar refractivity (Wildman–Crippen MR) is 193 cm³/mol. The van der Waals surface area contributed by atoms with Crippen LogP contribution in [0.2, 0.25) is 0 Å². The summed E-state index contributed by atoms with van der Waals surface area (Å²) >= 11 is 0. The number of carbonyl (C=O) groups is 1. The zero-order valence-corrected chi connectivity index (χ0v) is 29.5. The van der Waals surface area contributed by atoms with Crippen molar-refractivity contribution in [3.8, 4) is 23.0 Å². The average Bonchev–Trinajstić information content (AvgIpc) is 3.81. The highest BCUT2D eigenvalue weighted by molar-refractivity contribution is 6.02. The Hall–Kier alpha value is -4.29. The van der Waals surface area contributed by atoms with E-state index in [1.165, 1.54) is 16.0 Å². The van der Waals surface area contributed by atoms with Gasteiger partial charge in [0.05, 0.1) is 10.9 Å². The number of fused-ring (bicyclic) bond motifs is 7. The number of aryl methyl sites for hydroxylation is 2. The number of anilines is 1. The molecule has 11 nitrogen and oxygen atoms in total. The summed E-state index contributed by atoms with van der Waals surface area (Å²) < 4.78 is 29.3. The molecule has 268 valence electrons. The second kappa shape index (κ2) is 12.7. The van der Waals surface area contributed by atoms with Crippen molar-refractivity contribution in [2.24, 2.45) is 0 Å². The summed E-state index contributed by atoms with van der Waals surface area (Å²) in [6.45, 7) is 3.15. The Labute approximate surface area is 297 Å². The minimum atomic E-state index is -0.538. The molecule has 0 saturated carbocycles. The SMILES string of the molecule is CN(C)C(=O)OCC1CCC2(COc3nc(N4CC5CCC(C4)N5)c4cnc(-c5cc(O)cc6ccc7c(c56)CCCC7)c(F)c4n3)CCCN12. The van der Waals surface area contributed by atoms with Gasteiger partial charge in [-0.25, -0.2) is 9.18 Å². The maximum Gasteiger partial charge on any atom is 0.409 e. The van der Waals surface area contributed by atoms with Gasteiger partial charge in [0.1, 0.15) is 36.0 Å². The second-order valence-electron chi connectivity index (χ2n) is 15.5. The van der Waals surface area contributed by atoms with Gasteiger partial charge in [0.15, 0.2) is 5.82 Å². The van der Waals surface area contributed by atoms with E-state index >= 15 is 4.39 Å². The lowest BCUT2D eigenvalue weighted by molar-refractivity contribution is 0.0484. The molecule has 2 N–H and O–H groups in total. The van der Waals surface area contributed by atoms with Crippen LogP contribution in [0.1, 0.15) is 62.5 Å². The quantitative estimate of drug-likeness (QED) is 0.254. The van der Waals surface area contributed by atoms with Crippen molar-refractivity contribution >= 4 is 33.6 Å². The first-order valence-electron chi connectivity index (χ1n) is 18.6. The lowest BCUT2D eigenvalue weighted by Crippen LogP contribution is -2.51. The highest BCUT2D eigenvalue weighted by Gasteiger charge is 2.50. The first kappa shape index (κ1) is 32.6. The number of ether oxygens (including phenoxy) is 2. The molecule has 4 unspecified atom stereocenters. The zero-order valence-electron chi connectivity index (χ0n) is 29.5.